The summed E-state index contributed by atoms with van der Waals surface area (Å²) >= 11 is 0. The van der Waals surface area contributed by atoms with Crippen molar-refractivity contribution in [3.8, 4) is 0 Å². The molecular formula is C17H23N3Si. The minimum Gasteiger partial charge on any atom is -0.369 e. The van der Waals surface area contributed by atoms with E-state index >= 15 is 0 Å². The highest BCUT2D eigenvalue weighted by Crippen LogP contribution is 2.18. The molecular weight excluding hydrogens is 274 g/mol. The summed E-state index contributed by atoms with van der Waals surface area (Å²) in [6.45, 7) is 7.00. The van der Waals surface area contributed by atoms with Crippen LogP contribution in [0, 0.1) is 0 Å². The van der Waals surface area contributed by atoms with E-state index in [2.05, 4.69) is 41.7 Å². The quantitative estimate of drug-likeness (QED) is 0.526. The fourth-order valence-electron chi connectivity index (χ4n) is 2.08. The largest absolute Gasteiger partial charge is 0.369 e. The lowest BCUT2D eigenvalue weighted by Crippen LogP contribution is -2.47. The first-order chi connectivity index (χ1) is 9.96. The Labute approximate surface area is 128 Å². The summed E-state index contributed by atoms with van der Waals surface area (Å²) in [5, 5.41) is 0. The zero-order valence-electron chi connectivity index (χ0n) is 13.0. The highest BCUT2D eigenvalue weighted by atomic mass is 28.3. The van der Waals surface area contributed by atoms with E-state index in [0.29, 0.717) is 5.96 Å². The van der Waals surface area contributed by atoms with Crippen molar-refractivity contribution < 1.29 is 0 Å². The van der Waals surface area contributed by atoms with Crippen molar-refractivity contribution in [2.24, 2.45) is 10.7 Å². The molecule has 0 heterocycles. The maximum atomic E-state index is 6.29. The van der Waals surface area contributed by atoms with Crippen LogP contribution in [0.2, 0.25) is 19.6 Å². The number of benzene rings is 2. The van der Waals surface area contributed by atoms with Gasteiger partial charge in [0, 0.05) is 11.9 Å². The van der Waals surface area contributed by atoms with E-state index in [9.17, 15) is 0 Å². The standard InChI is InChI=1S/C17H23N3Si/c1-21(2,3)14-20(16-12-8-5-9-13-16)17(18)19-15-10-6-4-7-11-15/h4-13H,14H2,1-3H3,(H2,18,19). The smallest absolute Gasteiger partial charge is 0.200 e. The lowest BCUT2D eigenvalue weighted by Gasteiger charge is -2.29. The molecule has 21 heavy (non-hydrogen) atoms. The number of aliphatic imine (C=N–C) groups is 1. The first-order valence-corrected chi connectivity index (χ1v) is 10.9. The van der Waals surface area contributed by atoms with Crippen LogP contribution in [0.1, 0.15) is 0 Å². The molecule has 0 amide bonds. The van der Waals surface area contributed by atoms with Gasteiger partial charge in [0.1, 0.15) is 0 Å². The van der Waals surface area contributed by atoms with Crippen LogP contribution in [0.5, 0.6) is 0 Å². The predicted molar refractivity (Wildman–Crippen MR) is 94.9 cm³/mol. The first kappa shape index (κ1) is 15.3. The summed E-state index contributed by atoms with van der Waals surface area (Å²) in [4.78, 5) is 6.69. The normalized spacial score (nSPS) is 12.2. The highest BCUT2D eigenvalue weighted by Gasteiger charge is 2.21. The molecule has 110 valence electrons. The van der Waals surface area contributed by atoms with E-state index in [1.165, 1.54) is 0 Å². The predicted octanol–water partition coefficient (Wildman–Crippen LogP) is 4.02. The molecule has 0 radical (unpaired) electrons. The molecule has 0 aliphatic heterocycles. The van der Waals surface area contributed by atoms with Gasteiger partial charge in [-0.1, -0.05) is 56.0 Å². The Kier molecular flexibility index (Phi) is 4.80. The minimum absolute atomic E-state index is 0.551. The van der Waals surface area contributed by atoms with Gasteiger partial charge in [0.25, 0.3) is 0 Å². The average molecular weight is 297 g/mol. The third-order valence-corrected chi connectivity index (χ3v) is 4.24. The topological polar surface area (TPSA) is 41.6 Å². The Morgan fingerprint density at radius 3 is 2.00 bits per heavy atom. The molecule has 0 atom stereocenters. The van der Waals surface area contributed by atoms with Crippen LogP contribution in [0.4, 0.5) is 11.4 Å². The number of nitrogens with two attached hydrogens (primary N) is 1. The number of nitrogens with zero attached hydrogens (tertiary/aromatic N) is 2. The van der Waals surface area contributed by atoms with E-state index in [1.54, 1.807) is 0 Å². The van der Waals surface area contributed by atoms with Crippen molar-refractivity contribution >= 4 is 25.4 Å². The number of hydrogen-bond donors (Lipinski definition) is 1. The van der Waals surface area contributed by atoms with Gasteiger partial charge in [-0.2, -0.15) is 0 Å². The molecule has 0 saturated carbocycles. The molecule has 3 nitrogen and oxygen atoms in total. The molecule has 0 aliphatic carbocycles. The number of hydrogen-bond acceptors (Lipinski definition) is 1. The lowest BCUT2D eigenvalue weighted by atomic mass is 10.3. The van der Waals surface area contributed by atoms with Gasteiger partial charge in [0.2, 0.25) is 5.96 Å². The number of rotatable bonds is 4. The zero-order valence-corrected chi connectivity index (χ0v) is 14.0. The monoisotopic (exact) mass is 297 g/mol. The van der Waals surface area contributed by atoms with Crippen LogP contribution in [-0.2, 0) is 0 Å². The van der Waals surface area contributed by atoms with Crippen LogP contribution in [-0.4, -0.2) is 20.2 Å². The highest BCUT2D eigenvalue weighted by molar-refractivity contribution is 6.77. The molecule has 4 heteroatoms. The van der Waals surface area contributed by atoms with Crippen molar-refractivity contribution in [1.29, 1.82) is 0 Å². The lowest BCUT2D eigenvalue weighted by molar-refractivity contribution is 1.14. The maximum absolute atomic E-state index is 6.29. The Balaban J connectivity index is 2.33. The van der Waals surface area contributed by atoms with Crippen molar-refractivity contribution in [3.63, 3.8) is 0 Å². The van der Waals surface area contributed by atoms with E-state index in [-0.39, 0.29) is 0 Å². The fraction of sp³-hybridized carbons (Fsp3) is 0.235. The molecule has 2 aromatic rings. The summed E-state index contributed by atoms with van der Waals surface area (Å²) in [5.74, 6) is 0.551. The van der Waals surface area contributed by atoms with Gasteiger partial charge >= 0.3 is 0 Å². The number of anilines is 1. The third-order valence-electron chi connectivity index (χ3n) is 2.98. The van der Waals surface area contributed by atoms with Gasteiger partial charge < -0.3 is 10.6 Å². The third kappa shape index (κ3) is 4.75. The SMILES string of the molecule is C[Si](C)(C)CN(C(N)=Nc1ccccc1)c1ccccc1. The summed E-state index contributed by atoms with van der Waals surface area (Å²) in [5.41, 5.74) is 8.26. The van der Waals surface area contributed by atoms with Crippen LogP contribution in [0.15, 0.2) is 65.7 Å². The van der Waals surface area contributed by atoms with Gasteiger partial charge in [-0.05, 0) is 24.3 Å². The Morgan fingerprint density at radius 1 is 0.952 bits per heavy atom. The van der Waals surface area contributed by atoms with Gasteiger partial charge in [-0.15, -0.1) is 0 Å². The maximum Gasteiger partial charge on any atom is 0.200 e. The fourth-order valence-corrected chi connectivity index (χ4v) is 3.38. The molecule has 0 fully saturated rings. The molecule has 0 bridgehead atoms. The second kappa shape index (κ2) is 6.59. The van der Waals surface area contributed by atoms with Gasteiger partial charge in [0.15, 0.2) is 0 Å². The Bertz CT molecular complexity index is 588. The Hall–Kier alpha value is -2.07. The molecule has 2 aromatic carbocycles. The summed E-state index contributed by atoms with van der Waals surface area (Å²) < 4.78 is 0. The first-order valence-electron chi connectivity index (χ1n) is 7.17. The van der Waals surface area contributed by atoms with Crippen molar-refractivity contribution in [1.82, 2.24) is 0 Å². The van der Waals surface area contributed by atoms with E-state index in [1.807, 2.05) is 48.5 Å². The van der Waals surface area contributed by atoms with Crippen molar-refractivity contribution in [3.05, 3.63) is 60.7 Å². The average Bonchev–Trinajstić information content (AvgIpc) is 2.46. The second-order valence-electron chi connectivity index (χ2n) is 6.29. The van der Waals surface area contributed by atoms with Gasteiger partial charge in [-0.25, -0.2) is 4.99 Å². The minimum atomic E-state index is -1.32. The van der Waals surface area contributed by atoms with Crippen molar-refractivity contribution in [2.45, 2.75) is 19.6 Å². The van der Waals surface area contributed by atoms with Gasteiger partial charge in [0.05, 0.1) is 13.8 Å². The molecule has 0 aliphatic rings. The molecule has 0 saturated heterocycles. The molecule has 2 N–H and O–H groups in total. The summed E-state index contributed by atoms with van der Waals surface area (Å²) in [6, 6.07) is 20.1. The van der Waals surface area contributed by atoms with Crippen LogP contribution < -0.4 is 10.6 Å². The zero-order chi connectivity index (χ0) is 15.3. The molecule has 2 rings (SSSR count). The van der Waals surface area contributed by atoms with Crippen molar-refractivity contribution in [2.75, 3.05) is 11.1 Å². The van der Waals surface area contributed by atoms with E-state index < -0.39 is 8.07 Å². The van der Waals surface area contributed by atoms with E-state index in [4.69, 9.17) is 5.73 Å². The van der Waals surface area contributed by atoms with E-state index in [0.717, 1.165) is 17.5 Å². The second-order valence-corrected chi connectivity index (χ2v) is 11.7. The number of guanidine groups is 1. The van der Waals surface area contributed by atoms with Gasteiger partial charge in [-0.3, -0.25) is 0 Å². The summed E-state index contributed by atoms with van der Waals surface area (Å²) in [7, 11) is -1.32. The molecule has 0 unspecified atom stereocenters. The molecule has 0 spiro atoms. The van der Waals surface area contributed by atoms with Crippen LogP contribution >= 0.6 is 0 Å². The summed E-state index contributed by atoms with van der Waals surface area (Å²) in [6.07, 6.45) is 0.944. The number of para-hydroxylation sites is 2. The van der Waals surface area contributed by atoms with Crippen LogP contribution in [0.25, 0.3) is 0 Å². The van der Waals surface area contributed by atoms with Crippen LogP contribution in [0.3, 0.4) is 0 Å². The Morgan fingerprint density at radius 2 is 1.48 bits per heavy atom. The molecule has 0 aromatic heterocycles.